The van der Waals surface area contributed by atoms with Crippen molar-refractivity contribution in [2.24, 2.45) is 0 Å². The average molecular weight is 538 g/mol. The lowest BCUT2D eigenvalue weighted by Crippen LogP contribution is -2.10. The molecule has 0 saturated heterocycles. The Labute approximate surface area is 244 Å². The van der Waals surface area contributed by atoms with Crippen LogP contribution in [0, 0.1) is 0 Å². The van der Waals surface area contributed by atoms with Crippen molar-refractivity contribution in [1.82, 2.24) is 0 Å². The van der Waals surface area contributed by atoms with Crippen LogP contribution in [0.5, 0.6) is 0 Å². The lowest BCUT2D eigenvalue weighted by Gasteiger charge is -2.28. The van der Waals surface area contributed by atoms with Crippen LogP contribution >= 0.6 is 0 Å². The zero-order valence-corrected chi connectivity index (χ0v) is 22.9. The van der Waals surface area contributed by atoms with Crippen molar-refractivity contribution in [2.75, 3.05) is 4.90 Å². The predicted octanol–water partition coefficient (Wildman–Crippen LogP) is 11.5. The van der Waals surface area contributed by atoms with Gasteiger partial charge < -0.3 is 9.32 Å². The zero-order valence-electron chi connectivity index (χ0n) is 22.9. The summed E-state index contributed by atoms with van der Waals surface area (Å²) in [4.78, 5) is 2.37. The smallest absolute Gasteiger partial charge is 0.135 e. The molecule has 0 saturated carbocycles. The molecule has 0 fully saturated rings. The fourth-order valence-corrected chi connectivity index (χ4v) is 6.00. The van der Waals surface area contributed by atoms with Gasteiger partial charge in [-0.15, -0.1) is 0 Å². The van der Waals surface area contributed by atoms with Crippen molar-refractivity contribution >= 4 is 49.6 Å². The summed E-state index contributed by atoms with van der Waals surface area (Å²) in [6.07, 6.45) is 0. The number of furan rings is 1. The summed E-state index contributed by atoms with van der Waals surface area (Å²) < 4.78 is 6.27. The van der Waals surface area contributed by atoms with Crippen LogP contribution in [0.15, 0.2) is 168 Å². The molecule has 0 spiro atoms. The maximum absolute atomic E-state index is 6.27. The Hall–Kier alpha value is -5.60. The molecule has 1 heterocycles. The second kappa shape index (κ2) is 10.1. The van der Waals surface area contributed by atoms with Gasteiger partial charge in [0.15, 0.2) is 0 Å². The van der Waals surface area contributed by atoms with Crippen molar-refractivity contribution in [3.63, 3.8) is 0 Å². The molecule has 0 bridgehead atoms. The van der Waals surface area contributed by atoms with Gasteiger partial charge >= 0.3 is 0 Å². The summed E-state index contributed by atoms with van der Waals surface area (Å²) >= 11 is 0. The summed E-state index contributed by atoms with van der Waals surface area (Å²) in [5.41, 5.74) is 7.64. The molecule has 1 aromatic heterocycles. The van der Waals surface area contributed by atoms with Gasteiger partial charge in [-0.1, -0.05) is 121 Å². The number of hydrogen-bond acceptors (Lipinski definition) is 2. The summed E-state index contributed by atoms with van der Waals surface area (Å²) in [7, 11) is 0. The van der Waals surface area contributed by atoms with Crippen LogP contribution in [-0.4, -0.2) is 0 Å². The third-order valence-corrected chi connectivity index (χ3v) is 8.03. The monoisotopic (exact) mass is 537 g/mol. The second-order valence-corrected chi connectivity index (χ2v) is 10.6. The number of para-hydroxylation sites is 1. The normalized spacial score (nSPS) is 11.3. The highest BCUT2D eigenvalue weighted by atomic mass is 16.3. The molecule has 0 aliphatic carbocycles. The van der Waals surface area contributed by atoms with Gasteiger partial charge in [0.05, 0.1) is 5.69 Å². The van der Waals surface area contributed by atoms with Crippen molar-refractivity contribution < 1.29 is 4.42 Å². The van der Waals surface area contributed by atoms with E-state index in [-0.39, 0.29) is 0 Å². The summed E-state index contributed by atoms with van der Waals surface area (Å²) in [6, 6.07) is 58.0. The first-order valence-corrected chi connectivity index (χ1v) is 14.3. The predicted molar refractivity (Wildman–Crippen MR) is 177 cm³/mol. The molecule has 0 amide bonds. The average Bonchev–Trinajstić information content (AvgIpc) is 3.51. The molecular formula is C40H27NO. The SMILES string of the molecule is c1ccc(-c2ccc(N(c3cccc(-c4cc5ccccc5o4)c3)c3cc4ccccc4c4ccccc34)cc2)cc1. The summed E-state index contributed by atoms with van der Waals surface area (Å²) in [5.74, 6) is 0.862. The number of nitrogens with zero attached hydrogens (tertiary/aromatic N) is 1. The first-order chi connectivity index (χ1) is 20.8. The van der Waals surface area contributed by atoms with Gasteiger partial charge in [-0.25, -0.2) is 0 Å². The molecule has 7 aromatic carbocycles. The first-order valence-electron chi connectivity index (χ1n) is 14.3. The van der Waals surface area contributed by atoms with E-state index in [1.54, 1.807) is 0 Å². The Morgan fingerprint density at radius 1 is 0.381 bits per heavy atom. The van der Waals surface area contributed by atoms with Crippen LogP contribution in [0.3, 0.4) is 0 Å². The van der Waals surface area contributed by atoms with Gasteiger partial charge in [-0.2, -0.15) is 0 Å². The highest BCUT2D eigenvalue weighted by Gasteiger charge is 2.18. The van der Waals surface area contributed by atoms with E-state index >= 15 is 0 Å². The minimum atomic E-state index is 0.862. The number of hydrogen-bond donors (Lipinski definition) is 0. The van der Waals surface area contributed by atoms with Gasteiger partial charge in [-0.3, -0.25) is 0 Å². The Morgan fingerprint density at radius 3 is 1.83 bits per heavy atom. The first kappa shape index (κ1) is 24.2. The van der Waals surface area contributed by atoms with Crippen LogP contribution < -0.4 is 4.90 Å². The highest BCUT2D eigenvalue weighted by molar-refractivity contribution is 6.14. The van der Waals surface area contributed by atoms with Gasteiger partial charge in [-0.05, 0) is 69.8 Å². The number of rotatable bonds is 5. The number of fused-ring (bicyclic) bond motifs is 4. The Balaban J connectivity index is 1.34. The summed E-state index contributed by atoms with van der Waals surface area (Å²) in [6.45, 7) is 0. The van der Waals surface area contributed by atoms with Crippen molar-refractivity contribution in [2.45, 2.75) is 0 Å². The van der Waals surface area contributed by atoms with Gasteiger partial charge in [0, 0.05) is 27.7 Å². The van der Waals surface area contributed by atoms with E-state index < -0.39 is 0 Å². The fraction of sp³-hybridized carbons (Fsp3) is 0. The van der Waals surface area contributed by atoms with E-state index in [1.807, 2.05) is 18.2 Å². The number of benzene rings is 7. The Morgan fingerprint density at radius 2 is 1.02 bits per heavy atom. The van der Waals surface area contributed by atoms with Crippen molar-refractivity contribution in [3.8, 4) is 22.5 Å². The minimum Gasteiger partial charge on any atom is -0.456 e. The molecule has 0 aliphatic heterocycles. The van der Waals surface area contributed by atoms with E-state index in [2.05, 4.69) is 150 Å². The molecular weight excluding hydrogens is 510 g/mol. The molecule has 0 unspecified atom stereocenters. The topological polar surface area (TPSA) is 16.4 Å². The van der Waals surface area contributed by atoms with Gasteiger partial charge in [0.25, 0.3) is 0 Å². The highest BCUT2D eigenvalue weighted by Crippen LogP contribution is 2.43. The molecule has 198 valence electrons. The minimum absolute atomic E-state index is 0.862. The van der Waals surface area contributed by atoms with Crippen LogP contribution in [0.2, 0.25) is 0 Å². The Bertz CT molecular complexity index is 2160. The van der Waals surface area contributed by atoms with E-state index in [0.29, 0.717) is 0 Å². The molecule has 0 N–H and O–H groups in total. The maximum atomic E-state index is 6.27. The molecule has 42 heavy (non-hydrogen) atoms. The lowest BCUT2D eigenvalue weighted by atomic mass is 9.98. The van der Waals surface area contributed by atoms with Crippen molar-refractivity contribution in [3.05, 3.63) is 164 Å². The molecule has 0 atom stereocenters. The van der Waals surface area contributed by atoms with E-state index in [0.717, 1.165) is 39.4 Å². The molecule has 0 aliphatic rings. The van der Waals surface area contributed by atoms with Crippen LogP contribution in [0.1, 0.15) is 0 Å². The molecule has 0 radical (unpaired) electrons. The molecule has 8 aromatic rings. The summed E-state index contributed by atoms with van der Waals surface area (Å²) in [5, 5.41) is 6.02. The van der Waals surface area contributed by atoms with Gasteiger partial charge in [0.2, 0.25) is 0 Å². The molecule has 2 nitrogen and oxygen atoms in total. The van der Waals surface area contributed by atoms with Crippen molar-refractivity contribution in [1.29, 1.82) is 0 Å². The quantitative estimate of drug-likeness (QED) is 0.203. The largest absolute Gasteiger partial charge is 0.456 e. The lowest BCUT2D eigenvalue weighted by molar-refractivity contribution is 0.631. The molecule has 2 heteroatoms. The third-order valence-electron chi connectivity index (χ3n) is 8.03. The third kappa shape index (κ3) is 4.22. The van der Waals surface area contributed by atoms with Crippen LogP contribution in [0.4, 0.5) is 17.1 Å². The van der Waals surface area contributed by atoms with Gasteiger partial charge in [0.1, 0.15) is 11.3 Å². The van der Waals surface area contributed by atoms with E-state index in [4.69, 9.17) is 4.42 Å². The second-order valence-electron chi connectivity index (χ2n) is 10.6. The van der Waals surface area contributed by atoms with E-state index in [9.17, 15) is 0 Å². The standard InChI is InChI=1S/C40H27NO/c1-2-11-28(12-3-1)29-21-23-33(24-22-29)41(38-26-30-13-4-6-17-35(30)36-18-7-8-19-37(36)38)34-16-10-15-31(25-34)40-27-32-14-5-9-20-39(32)42-40/h1-27H. The Kier molecular flexibility index (Phi) is 5.82. The zero-order chi connectivity index (χ0) is 27.9. The molecule has 8 rings (SSSR count). The van der Waals surface area contributed by atoms with E-state index in [1.165, 1.54) is 32.7 Å². The van der Waals surface area contributed by atoms with Crippen LogP contribution in [0.25, 0.3) is 55.0 Å². The fourth-order valence-electron chi connectivity index (χ4n) is 6.00. The van der Waals surface area contributed by atoms with Crippen LogP contribution in [-0.2, 0) is 0 Å². The maximum Gasteiger partial charge on any atom is 0.135 e. The number of anilines is 3.